The number of esters is 1. The van der Waals surface area contributed by atoms with Gasteiger partial charge in [-0.25, -0.2) is 9.78 Å². The van der Waals surface area contributed by atoms with Gasteiger partial charge in [0.1, 0.15) is 0 Å². The van der Waals surface area contributed by atoms with E-state index in [2.05, 4.69) is 25.7 Å². The topological polar surface area (TPSA) is 52.3 Å². The SMILES string of the molecule is CCOC(=O)c1nc(-c2ccc(Br)cc2)oc1C(F)(F)F. The van der Waals surface area contributed by atoms with Gasteiger partial charge in [-0.2, -0.15) is 13.2 Å². The Bertz CT molecular complexity index is 650. The number of ether oxygens (including phenoxy) is 1. The minimum atomic E-state index is -4.83. The van der Waals surface area contributed by atoms with E-state index in [1.165, 1.54) is 19.1 Å². The van der Waals surface area contributed by atoms with Gasteiger partial charge in [0.05, 0.1) is 6.61 Å². The molecule has 4 nitrogen and oxygen atoms in total. The summed E-state index contributed by atoms with van der Waals surface area (Å²) in [6.07, 6.45) is -4.83. The van der Waals surface area contributed by atoms with Gasteiger partial charge in [0.25, 0.3) is 0 Å². The van der Waals surface area contributed by atoms with E-state index in [9.17, 15) is 18.0 Å². The third-order valence-corrected chi connectivity index (χ3v) is 2.97. The lowest BCUT2D eigenvalue weighted by Gasteiger charge is -2.03. The van der Waals surface area contributed by atoms with Gasteiger partial charge in [0.15, 0.2) is 5.69 Å². The van der Waals surface area contributed by atoms with Gasteiger partial charge in [0, 0.05) is 10.0 Å². The minimum absolute atomic E-state index is 0.0589. The van der Waals surface area contributed by atoms with E-state index in [-0.39, 0.29) is 12.5 Å². The molecule has 0 radical (unpaired) electrons. The Morgan fingerprint density at radius 3 is 2.48 bits per heavy atom. The second-order valence-electron chi connectivity index (χ2n) is 3.92. The number of oxazole rings is 1. The molecule has 0 bridgehead atoms. The predicted molar refractivity (Wildman–Crippen MR) is 70.6 cm³/mol. The lowest BCUT2D eigenvalue weighted by molar-refractivity contribution is -0.153. The maximum Gasteiger partial charge on any atom is 0.452 e. The molecular weight excluding hydrogens is 355 g/mol. The lowest BCUT2D eigenvalue weighted by Crippen LogP contribution is -2.13. The van der Waals surface area contributed by atoms with Crippen molar-refractivity contribution >= 4 is 21.9 Å². The standard InChI is InChI=1S/C13H9BrF3NO3/c1-2-20-12(19)9-10(13(15,16)17)21-11(18-9)7-3-5-8(14)6-4-7/h3-6H,2H2,1H3. The molecule has 2 aromatic rings. The van der Waals surface area contributed by atoms with Gasteiger partial charge < -0.3 is 9.15 Å². The van der Waals surface area contributed by atoms with Crippen molar-refractivity contribution in [2.75, 3.05) is 6.61 Å². The summed E-state index contributed by atoms with van der Waals surface area (Å²) in [7, 11) is 0. The monoisotopic (exact) mass is 363 g/mol. The summed E-state index contributed by atoms with van der Waals surface area (Å²) in [4.78, 5) is 15.2. The molecule has 0 atom stereocenters. The van der Waals surface area contributed by atoms with Crippen LogP contribution in [0.5, 0.6) is 0 Å². The number of aromatic nitrogens is 1. The first-order chi connectivity index (χ1) is 9.82. The highest BCUT2D eigenvalue weighted by atomic mass is 79.9. The normalized spacial score (nSPS) is 11.5. The maximum atomic E-state index is 12.9. The van der Waals surface area contributed by atoms with Gasteiger partial charge in [-0.05, 0) is 31.2 Å². The summed E-state index contributed by atoms with van der Waals surface area (Å²) in [5.74, 6) is -2.92. The molecule has 2 rings (SSSR count). The summed E-state index contributed by atoms with van der Waals surface area (Å²) >= 11 is 3.21. The van der Waals surface area contributed by atoms with Crippen LogP contribution in [0.15, 0.2) is 33.2 Å². The highest BCUT2D eigenvalue weighted by Gasteiger charge is 2.42. The van der Waals surface area contributed by atoms with Crippen molar-refractivity contribution < 1.29 is 27.1 Å². The molecule has 1 heterocycles. The smallest absolute Gasteiger partial charge is 0.452 e. The van der Waals surface area contributed by atoms with Crippen LogP contribution in [-0.4, -0.2) is 17.6 Å². The van der Waals surface area contributed by atoms with E-state index in [0.29, 0.717) is 5.56 Å². The minimum Gasteiger partial charge on any atom is -0.461 e. The van der Waals surface area contributed by atoms with Crippen molar-refractivity contribution in [3.05, 3.63) is 40.2 Å². The van der Waals surface area contributed by atoms with Gasteiger partial charge in [-0.15, -0.1) is 0 Å². The number of rotatable bonds is 3. The van der Waals surface area contributed by atoms with Gasteiger partial charge in [-0.1, -0.05) is 15.9 Å². The quantitative estimate of drug-likeness (QED) is 0.763. The van der Waals surface area contributed by atoms with E-state index in [4.69, 9.17) is 4.42 Å². The van der Waals surface area contributed by atoms with Crippen LogP contribution in [0.1, 0.15) is 23.2 Å². The highest BCUT2D eigenvalue weighted by molar-refractivity contribution is 9.10. The van der Waals surface area contributed by atoms with E-state index in [1.807, 2.05) is 0 Å². The Hall–Kier alpha value is -1.83. The third-order valence-electron chi connectivity index (χ3n) is 2.44. The Morgan fingerprint density at radius 1 is 1.33 bits per heavy atom. The Kier molecular flexibility index (Phi) is 4.36. The fraction of sp³-hybridized carbons (Fsp3) is 0.231. The number of nitrogens with zero attached hydrogens (tertiary/aromatic N) is 1. The summed E-state index contributed by atoms with van der Waals surface area (Å²) in [6, 6.07) is 6.28. The summed E-state index contributed by atoms with van der Waals surface area (Å²) in [6.45, 7) is 1.43. The van der Waals surface area contributed by atoms with E-state index < -0.39 is 23.6 Å². The van der Waals surface area contributed by atoms with Crippen LogP contribution in [0.2, 0.25) is 0 Å². The molecule has 0 aliphatic heterocycles. The van der Waals surface area contributed by atoms with Crippen LogP contribution in [0.25, 0.3) is 11.5 Å². The van der Waals surface area contributed by atoms with Crippen LogP contribution in [0.4, 0.5) is 13.2 Å². The number of carbonyl (C=O) groups is 1. The molecule has 0 spiro atoms. The van der Waals surface area contributed by atoms with Crippen LogP contribution < -0.4 is 0 Å². The molecule has 8 heteroatoms. The largest absolute Gasteiger partial charge is 0.461 e. The average molecular weight is 364 g/mol. The first-order valence-electron chi connectivity index (χ1n) is 5.84. The van der Waals surface area contributed by atoms with Crippen LogP contribution >= 0.6 is 15.9 Å². The second-order valence-corrected chi connectivity index (χ2v) is 4.84. The first kappa shape index (κ1) is 15.6. The molecule has 21 heavy (non-hydrogen) atoms. The van der Waals surface area contributed by atoms with Crippen LogP contribution in [-0.2, 0) is 10.9 Å². The van der Waals surface area contributed by atoms with Crippen LogP contribution in [0.3, 0.4) is 0 Å². The van der Waals surface area contributed by atoms with E-state index in [1.54, 1.807) is 12.1 Å². The zero-order valence-corrected chi connectivity index (χ0v) is 12.3. The molecular formula is C13H9BrF3NO3. The number of hydrogen-bond acceptors (Lipinski definition) is 4. The summed E-state index contributed by atoms with van der Waals surface area (Å²) in [5, 5.41) is 0. The van der Waals surface area contributed by atoms with Crippen molar-refractivity contribution in [2.24, 2.45) is 0 Å². The van der Waals surface area contributed by atoms with E-state index >= 15 is 0 Å². The molecule has 0 fully saturated rings. The highest BCUT2D eigenvalue weighted by Crippen LogP contribution is 2.35. The molecule has 0 saturated heterocycles. The molecule has 0 N–H and O–H groups in total. The molecule has 0 amide bonds. The van der Waals surface area contributed by atoms with Crippen molar-refractivity contribution in [2.45, 2.75) is 13.1 Å². The third kappa shape index (κ3) is 3.44. The lowest BCUT2D eigenvalue weighted by atomic mass is 10.2. The number of hydrogen-bond donors (Lipinski definition) is 0. The van der Waals surface area contributed by atoms with Gasteiger partial charge >= 0.3 is 12.1 Å². The van der Waals surface area contributed by atoms with Gasteiger partial charge in [-0.3, -0.25) is 0 Å². The van der Waals surface area contributed by atoms with E-state index in [0.717, 1.165) is 4.47 Å². The fourth-order valence-electron chi connectivity index (χ4n) is 1.57. The zero-order valence-electron chi connectivity index (χ0n) is 10.7. The number of halogens is 4. The summed E-state index contributed by atoms with van der Waals surface area (Å²) < 4.78 is 48.7. The molecule has 0 aliphatic carbocycles. The Morgan fingerprint density at radius 2 is 1.95 bits per heavy atom. The molecule has 0 aliphatic rings. The van der Waals surface area contributed by atoms with Crippen molar-refractivity contribution in [3.63, 3.8) is 0 Å². The fourth-order valence-corrected chi connectivity index (χ4v) is 1.83. The van der Waals surface area contributed by atoms with Crippen molar-refractivity contribution in [1.29, 1.82) is 0 Å². The summed E-state index contributed by atoms with van der Waals surface area (Å²) in [5.41, 5.74) is -0.554. The van der Waals surface area contributed by atoms with Crippen molar-refractivity contribution in [1.82, 2.24) is 4.98 Å². The number of carbonyl (C=O) groups excluding carboxylic acids is 1. The zero-order chi connectivity index (χ0) is 15.6. The van der Waals surface area contributed by atoms with Gasteiger partial charge in [0.2, 0.25) is 11.7 Å². The number of alkyl halides is 3. The average Bonchev–Trinajstić information content (AvgIpc) is 2.85. The Balaban J connectivity index is 2.50. The maximum absolute atomic E-state index is 12.9. The van der Waals surface area contributed by atoms with Crippen LogP contribution in [0, 0.1) is 0 Å². The molecule has 112 valence electrons. The second kappa shape index (κ2) is 5.88. The molecule has 0 unspecified atom stereocenters. The molecule has 1 aromatic heterocycles. The van der Waals surface area contributed by atoms with Crippen molar-refractivity contribution in [3.8, 4) is 11.5 Å². The first-order valence-corrected chi connectivity index (χ1v) is 6.63. The Labute approximate surface area is 126 Å². The number of benzene rings is 1. The predicted octanol–water partition coefficient (Wildman–Crippen LogP) is 4.30. The molecule has 1 aromatic carbocycles. The molecule has 0 saturated carbocycles.